The maximum Gasteiger partial charge on any atom is 0.254 e. The first-order valence-corrected chi connectivity index (χ1v) is 14.0. The van der Waals surface area contributed by atoms with Gasteiger partial charge in [-0.1, -0.05) is 44.4 Å². The lowest BCUT2D eigenvalue weighted by atomic mass is 9.96. The summed E-state index contributed by atoms with van der Waals surface area (Å²) in [6.07, 6.45) is 5.91. The smallest absolute Gasteiger partial charge is 0.254 e. The number of piperazine rings is 1. The van der Waals surface area contributed by atoms with E-state index < -0.39 is 10.0 Å². The van der Waals surface area contributed by atoms with Gasteiger partial charge in [0.1, 0.15) is 0 Å². The van der Waals surface area contributed by atoms with Gasteiger partial charge in [0.2, 0.25) is 10.0 Å². The minimum Gasteiger partial charge on any atom is -0.335 e. The second-order valence-corrected chi connectivity index (χ2v) is 11.5. The molecule has 35 heavy (non-hydrogen) atoms. The fraction of sp³-hybridized carbons (Fsp3) is 0.481. The van der Waals surface area contributed by atoms with Gasteiger partial charge in [0.05, 0.1) is 4.90 Å². The summed E-state index contributed by atoms with van der Waals surface area (Å²) in [5, 5.41) is 0. The number of hydrogen-bond donors (Lipinski definition) is 0. The number of rotatable bonds is 6. The van der Waals surface area contributed by atoms with Crippen LogP contribution in [0.4, 0.5) is 0 Å². The van der Waals surface area contributed by atoms with Crippen molar-refractivity contribution in [1.29, 1.82) is 0 Å². The molecule has 2 amide bonds. The third kappa shape index (κ3) is 5.59. The Hall–Kier alpha value is -2.71. The average molecular weight is 498 g/mol. The molecule has 0 radical (unpaired) electrons. The number of carbonyl (C=O) groups excluding carboxylic acids is 2. The largest absolute Gasteiger partial charge is 0.335 e. The molecule has 188 valence electrons. The van der Waals surface area contributed by atoms with E-state index in [1.807, 2.05) is 24.3 Å². The molecule has 2 aliphatic rings. The Labute approximate surface area is 208 Å². The van der Waals surface area contributed by atoms with Gasteiger partial charge in [-0.05, 0) is 55.2 Å². The van der Waals surface area contributed by atoms with Crippen LogP contribution >= 0.6 is 0 Å². The van der Waals surface area contributed by atoms with Gasteiger partial charge in [-0.15, -0.1) is 0 Å². The van der Waals surface area contributed by atoms with E-state index in [2.05, 4.69) is 6.92 Å². The van der Waals surface area contributed by atoms with Crippen molar-refractivity contribution < 1.29 is 18.0 Å². The molecule has 2 aromatic carbocycles. The van der Waals surface area contributed by atoms with E-state index in [1.165, 1.54) is 15.9 Å². The number of sulfonamides is 1. The number of nitrogens with zero attached hydrogens (tertiary/aromatic N) is 3. The van der Waals surface area contributed by atoms with Gasteiger partial charge in [0, 0.05) is 50.4 Å². The molecule has 1 saturated heterocycles. The molecule has 1 heterocycles. The standard InChI is InChI=1S/C27H35N3O4S/c1-3-21-12-14-22(15-13-21)26(31)29-16-18-30(19-17-29)27(32)23-8-7-11-25(20-23)35(33,34)28(2)24-9-5-4-6-10-24/h7-8,11-15,20,24H,3-6,9-10,16-19H2,1-2H3. The molecule has 4 rings (SSSR count). The normalized spacial score (nSPS) is 17.6. The summed E-state index contributed by atoms with van der Waals surface area (Å²) < 4.78 is 27.9. The van der Waals surface area contributed by atoms with Crippen LogP contribution in [0.2, 0.25) is 0 Å². The molecular formula is C27H35N3O4S. The third-order valence-electron chi connectivity index (χ3n) is 7.31. The Bertz CT molecular complexity index is 1150. The molecule has 2 fully saturated rings. The van der Waals surface area contributed by atoms with Crippen LogP contribution in [0.1, 0.15) is 65.3 Å². The van der Waals surface area contributed by atoms with Crippen molar-refractivity contribution >= 4 is 21.8 Å². The zero-order valence-corrected chi connectivity index (χ0v) is 21.5. The molecule has 7 nitrogen and oxygen atoms in total. The van der Waals surface area contributed by atoms with E-state index in [0.29, 0.717) is 37.3 Å². The molecule has 0 atom stereocenters. The highest BCUT2D eigenvalue weighted by Crippen LogP contribution is 2.27. The summed E-state index contributed by atoms with van der Waals surface area (Å²) in [6, 6.07) is 14.0. The summed E-state index contributed by atoms with van der Waals surface area (Å²) in [7, 11) is -2.03. The van der Waals surface area contributed by atoms with Crippen molar-refractivity contribution in [3.05, 3.63) is 65.2 Å². The van der Waals surface area contributed by atoms with E-state index >= 15 is 0 Å². The van der Waals surface area contributed by atoms with Crippen LogP contribution in [-0.2, 0) is 16.4 Å². The van der Waals surface area contributed by atoms with Crippen molar-refractivity contribution in [3.63, 3.8) is 0 Å². The van der Waals surface area contributed by atoms with E-state index in [4.69, 9.17) is 0 Å². The quantitative estimate of drug-likeness (QED) is 0.608. The molecule has 0 bridgehead atoms. The predicted octanol–water partition coefficient (Wildman–Crippen LogP) is 3.80. The molecule has 0 spiro atoms. The van der Waals surface area contributed by atoms with Crippen LogP contribution < -0.4 is 0 Å². The van der Waals surface area contributed by atoms with Gasteiger partial charge >= 0.3 is 0 Å². The van der Waals surface area contributed by atoms with Gasteiger partial charge in [-0.3, -0.25) is 9.59 Å². The van der Waals surface area contributed by atoms with Crippen LogP contribution in [0.15, 0.2) is 53.4 Å². The molecule has 0 N–H and O–H groups in total. The average Bonchev–Trinajstić information content (AvgIpc) is 2.92. The fourth-order valence-corrected chi connectivity index (χ4v) is 6.42. The summed E-state index contributed by atoms with van der Waals surface area (Å²) in [5.74, 6) is -0.236. The van der Waals surface area contributed by atoms with Crippen molar-refractivity contribution in [2.24, 2.45) is 0 Å². The maximum atomic E-state index is 13.2. The lowest BCUT2D eigenvalue weighted by Crippen LogP contribution is -2.50. The molecule has 2 aromatic rings. The van der Waals surface area contributed by atoms with Crippen LogP contribution in [0.5, 0.6) is 0 Å². The van der Waals surface area contributed by atoms with Crippen LogP contribution in [0.25, 0.3) is 0 Å². The number of carbonyl (C=O) groups is 2. The third-order valence-corrected chi connectivity index (χ3v) is 9.22. The number of aryl methyl sites for hydroxylation is 1. The first-order chi connectivity index (χ1) is 16.8. The molecular weight excluding hydrogens is 462 g/mol. The lowest BCUT2D eigenvalue weighted by Gasteiger charge is -2.35. The lowest BCUT2D eigenvalue weighted by molar-refractivity contribution is 0.0535. The molecule has 0 aromatic heterocycles. The predicted molar refractivity (Wildman–Crippen MR) is 136 cm³/mol. The second-order valence-electron chi connectivity index (χ2n) is 9.48. The van der Waals surface area contributed by atoms with Gasteiger partial charge < -0.3 is 9.80 Å². The van der Waals surface area contributed by atoms with E-state index in [1.54, 1.807) is 35.0 Å². The Morgan fingerprint density at radius 1 is 0.857 bits per heavy atom. The summed E-state index contributed by atoms with van der Waals surface area (Å²) in [5.41, 5.74) is 2.20. The van der Waals surface area contributed by atoms with E-state index in [0.717, 1.165) is 38.5 Å². The van der Waals surface area contributed by atoms with E-state index in [9.17, 15) is 18.0 Å². The van der Waals surface area contributed by atoms with Crippen molar-refractivity contribution in [3.8, 4) is 0 Å². The summed E-state index contributed by atoms with van der Waals surface area (Å²) in [4.78, 5) is 29.6. The van der Waals surface area contributed by atoms with Crippen molar-refractivity contribution in [2.45, 2.75) is 56.4 Å². The van der Waals surface area contributed by atoms with Crippen molar-refractivity contribution in [1.82, 2.24) is 14.1 Å². The zero-order valence-electron chi connectivity index (χ0n) is 20.7. The Kier molecular flexibility index (Phi) is 7.91. The van der Waals surface area contributed by atoms with E-state index in [-0.39, 0.29) is 22.8 Å². The highest BCUT2D eigenvalue weighted by Gasteiger charge is 2.30. The van der Waals surface area contributed by atoms with Gasteiger partial charge in [-0.2, -0.15) is 4.31 Å². The number of hydrogen-bond acceptors (Lipinski definition) is 4. The number of amides is 2. The Morgan fingerprint density at radius 3 is 2.00 bits per heavy atom. The van der Waals surface area contributed by atoms with Crippen LogP contribution in [-0.4, -0.2) is 73.6 Å². The Morgan fingerprint density at radius 2 is 1.43 bits per heavy atom. The monoisotopic (exact) mass is 497 g/mol. The Balaban J connectivity index is 1.40. The topological polar surface area (TPSA) is 78.0 Å². The SMILES string of the molecule is CCc1ccc(C(=O)N2CCN(C(=O)c3cccc(S(=O)(=O)N(C)C4CCCCC4)c3)CC2)cc1. The molecule has 1 aliphatic heterocycles. The maximum absolute atomic E-state index is 13.2. The highest BCUT2D eigenvalue weighted by molar-refractivity contribution is 7.89. The molecule has 1 saturated carbocycles. The molecule has 0 unspecified atom stereocenters. The van der Waals surface area contributed by atoms with Crippen LogP contribution in [0, 0.1) is 0 Å². The minimum atomic E-state index is -3.67. The zero-order chi connectivity index (χ0) is 25.0. The van der Waals surface area contributed by atoms with Crippen LogP contribution in [0.3, 0.4) is 0 Å². The molecule has 8 heteroatoms. The van der Waals surface area contributed by atoms with Gasteiger partial charge in [-0.25, -0.2) is 8.42 Å². The van der Waals surface area contributed by atoms with Crippen molar-refractivity contribution in [2.75, 3.05) is 33.2 Å². The summed E-state index contributed by atoms with van der Waals surface area (Å²) >= 11 is 0. The second kappa shape index (κ2) is 10.9. The first-order valence-electron chi connectivity index (χ1n) is 12.6. The van der Waals surface area contributed by atoms with Gasteiger partial charge in [0.25, 0.3) is 11.8 Å². The fourth-order valence-electron chi connectivity index (χ4n) is 4.96. The van der Waals surface area contributed by atoms with Gasteiger partial charge in [0.15, 0.2) is 0 Å². The molecule has 1 aliphatic carbocycles. The summed E-state index contributed by atoms with van der Waals surface area (Å²) in [6.45, 7) is 3.80. The highest BCUT2D eigenvalue weighted by atomic mass is 32.2. The first kappa shape index (κ1) is 25.4. The minimum absolute atomic E-state index is 0.0110. The number of benzene rings is 2.